The van der Waals surface area contributed by atoms with E-state index in [4.69, 9.17) is 4.74 Å². The second-order valence-electron chi connectivity index (χ2n) is 7.42. The Morgan fingerprint density at radius 2 is 1.87 bits per heavy atom. The summed E-state index contributed by atoms with van der Waals surface area (Å²) in [4.78, 5) is 21.6. The first-order valence-electron chi connectivity index (χ1n) is 10.2. The van der Waals surface area contributed by atoms with Crippen molar-refractivity contribution in [1.82, 2.24) is 24.9 Å². The third-order valence-corrected chi connectivity index (χ3v) is 5.46. The number of nitrogens with one attached hydrogen (secondary N) is 1. The maximum atomic E-state index is 13.0. The van der Waals surface area contributed by atoms with Crippen LogP contribution < -0.4 is 10.1 Å². The number of carbonyl (C=O) groups excluding carboxylic acids is 1. The Kier molecular flexibility index (Phi) is 5.93. The van der Waals surface area contributed by atoms with Gasteiger partial charge < -0.3 is 10.1 Å². The van der Waals surface area contributed by atoms with E-state index in [1.807, 2.05) is 68.4 Å². The lowest BCUT2D eigenvalue weighted by Gasteiger charge is -2.21. The number of hydrogen-bond donors (Lipinski definition) is 1. The summed E-state index contributed by atoms with van der Waals surface area (Å²) in [6, 6.07) is 17.5. The number of benzene rings is 2. The Morgan fingerprint density at radius 3 is 2.65 bits per heavy atom. The number of methoxy groups -OCH3 is 1. The zero-order valence-corrected chi connectivity index (χ0v) is 17.9. The largest absolute Gasteiger partial charge is 0.497 e. The number of fused-ring (bicyclic) bond motifs is 1. The monoisotopic (exact) mass is 415 g/mol. The molecule has 1 N–H and O–H groups in total. The van der Waals surface area contributed by atoms with Crippen molar-refractivity contribution in [3.8, 4) is 5.75 Å². The molecule has 2 heterocycles. The highest BCUT2D eigenvalue weighted by Crippen LogP contribution is 2.25. The fraction of sp³-hybridized carbons (Fsp3) is 0.250. The maximum absolute atomic E-state index is 13.0. The minimum Gasteiger partial charge on any atom is -0.497 e. The number of ether oxygens (including phenoxy) is 1. The summed E-state index contributed by atoms with van der Waals surface area (Å²) in [5.74, 6) is 1.30. The van der Waals surface area contributed by atoms with Crippen LogP contribution in [0.1, 0.15) is 40.5 Å². The third-order valence-electron chi connectivity index (χ3n) is 5.46. The highest BCUT2D eigenvalue weighted by molar-refractivity contribution is 5.77. The van der Waals surface area contributed by atoms with Crippen molar-refractivity contribution < 1.29 is 9.53 Å². The summed E-state index contributed by atoms with van der Waals surface area (Å²) in [6.45, 7) is 3.92. The zero-order chi connectivity index (χ0) is 21.8. The molecule has 0 saturated carbocycles. The van der Waals surface area contributed by atoms with Gasteiger partial charge in [-0.05, 0) is 49.1 Å². The van der Waals surface area contributed by atoms with E-state index in [0.717, 1.165) is 33.8 Å². The molecular weight excluding hydrogens is 390 g/mol. The fourth-order valence-electron chi connectivity index (χ4n) is 3.81. The van der Waals surface area contributed by atoms with Gasteiger partial charge in [-0.3, -0.25) is 4.79 Å². The molecule has 4 aromatic rings. The molecule has 0 saturated heterocycles. The van der Waals surface area contributed by atoms with Crippen molar-refractivity contribution in [3.05, 3.63) is 89.0 Å². The molecular formula is C24H25N5O2. The Morgan fingerprint density at radius 1 is 1.10 bits per heavy atom. The number of amides is 1. The highest BCUT2D eigenvalue weighted by atomic mass is 16.5. The molecule has 0 bridgehead atoms. The number of rotatable bonds is 7. The van der Waals surface area contributed by atoms with Crippen molar-refractivity contribution in [2.24, 2.45) is 0 Å². The van der Waals surface area contributed by atoms with Crippen molar-refractivity contribution in [2.75, 3.05) is 7.11 Å². The summed E-state index contributed by atoms with van der Waals surface area (Å²) >= 11 is 0. The van der Waals surface area contributed by atoms with Gasteiger partial charge >= 0.3 is 0 Å². The van der Waals surface area contributed by atoms with Crippen LogP contribution in [0.2, 0.25) is 0 Å². The molecule has 0 spiro atoms. The van der Waals surface area contributed by atoms with Crippen LogP contribution in [-0.2, 0) is 11.2 Å². The van der Waals surface area contributed by atoms with Crippen LogP contribution in [0.4, 0.5) is 0 Å². The first-order chi connectivity index (χ1) is 15.1. The SMILES string of the molecule is COc1cccc([C@@H](NC(=O)CCc2c(C)nc3ncnn3c2C)c2ccccc2)c1. The average molecular weight is 415 g/mol. The molecule has 31 heavy (non-hydrogen) atoms. The number of hydrogen-bond acceptors (Lipinski definition) is 5. The standard InChI is InChI=1S/C24H25N5O2/c1-16-21(17(2)29-24(27-16)25-15-26-29)12-13-22(30)28-23(18-8-5-4-6-9-18)19-10-7-11-20(14-19)31-3/h4-11,14-15,23H,12-13H2,1-3H3,(H,28,30)/t23-/m0/s1. The van der Waals surface area contributed by atoms with Crippen LogP contribution >= 0.6 is 0 Å². The van der Waals surface area contributed by atoms with Gasteiger partial charge in [0, 0.05) is 17.8 Å². The van der Waals surface area contributed by atoms with Gasteiger partial charge in [0.1, 0.15) is 12.1 Å². The molecule has 7 heteroatoms. The molecule has 7 nitrogen and oxygen atoms in total. The third kappa shape index (κ3) is 4.40. The highest BCUT2D eigenvalue weighted by Gasteiger charge is 2.18. The van der Waals surface area contributed by atoms with Gasteiger partial charge in [0.2, 0.25) is 5.91 Å². The fourth-order valence-corrected chi connectivity index (χ4v) is 3.81. The molecule has 4 rings (SSSR count). The second-order valence-corrected chi connectivity index (χ2v) is 7.42. The van der Waals surface area contributed by atoms with E-state index in [-0.39, 0.29) is 11.9 Å². The lowest BCUT2D eigenvalue weighted by atomic mass is 9.98. The molecule has 0 unspecified atom stereocenters. The summed E-state index contributed by atoms with van der Waals surface area (Å²) in [7, 11) is 1.64. The first kappa shape index (κ1) is 20.5. The lowest BCUT2D eigenvalue weighted by Crippen LogP contribution is -2.29. The van der Waals surface area contributed by atoms with Gasteiger partial charge in [0.05, 0.1) is 13.2 Å². The van der Waals surface area contributed by atoms with Crippen LogP contribution in [0.5, 0.6) is 5.75 Å². The van der Waals surface area contributed by atoms with Crippen molar-refractivity contribution in [1.29, 1.82) is 0 Å². The predicted octanol–water partition coefficient (Wildman–Crippen LogP) is 3.59. The van der Waals surface area contributed by atoms with E-state index in [0.29, 0.717) is 18.6 Å². The molecule has 158 valence electrons. The quantitative estimate of drug-likeness (QED) is 0.499. The van der Waals surface area contributed by atoms with Crippen LogP contribution in [0, 0.1) is 13.8 Å². The summed E-state index contributed by atoms with van der Waals surface area (Å²) < 4.78 is 7.08. The van der Waals surface area contributed by atoms with E-state index < -0.39 is 0 Å². The normalized spacial score (nSPS) is 12.0. The minimum absolute atomic E-state index is 0.0332. The number of nitrogens with zero attached hydrogens (tertiary/aromatic N) is 4. The molecule has 1 atom stereocenters. The maximum Gasteiger partial charge on any atom is 0.252 e. The smallest absolute Gasteiger partial charge is 0.252 e. The van der Waals surface area contributed by atoms with Gasteiger partial charge in [-0.25, -0.2) is 9.50 Å². The van der Waals surface area contributed by atoms with E-state index in [1.165, 1.54) is 6.33 Å². The zero-order valence-electron chi connectivity index (χ0n) is 17.9. The van der Waals surface area contributed by atoms with Crippen molar-refractivity contribution in [3.63, 3.8) is 0 Å². The van der Waals surface area contributed by atoms with Crippen LogP contribution in [0.3, 0.4) is 0 Å². The van der Waals surface area contributed by atoms with Gasteiger partial charge in [-0.2, -0.15) is 10.1 Å². The Balaban J connectivity index is 1.54. The van der Waals surface area contributed by atoms with Crippen LogP contribution in [-0.4, -0.2) is 32.6 Å². The van der Waals surface area contributed by atoms with Crippen molar-refractivity contribution in [2.45, 2.75) is 32.7 Å². The lowest BCUT2D eigenvalue weighted by molar-refractivity contribution is -0.121. The molecule has 1 amide bonds. The van der Waals surface area contributed by atoms with E-state index in [2.05, 4.69) is 20.4 Å². The predicted molar refractivity (Wildman–Crippen MR) is 118 cm³/mol. The van der Waals surface area contributed by atoms with E-state index >= 15 is 0 Å². The number of carbonyl (C=O) groups is 1. The number of aromatic nitrogens is 4. The average Bonchev–Trinajstić information content (AvgIpc) is 3.26. The second kappa shape index (κ2) is 8.95. The van der Waals surface area contributed by atoms with Crippen LogP contribution in [0.25, 0.3) is 5.78 Å². The molecule has 2 aromatic heterocycles. The Bertz CT molecular complexity index is 1200. The first-order valence-corrected chi connectivity index (χ1v) is 10.2. The van der Waals surface area contributed by atoms with Gasteiger partial charge in [-0.1, -0.05) is 42.5 Å². The molecule has 0 radical (unpaired) electrons. The minimum atomic E-state index is -0.262. The molecule has 0 aliphatic carbocycles. The summed E-state index contributed by atoms with van der Waals surface area (Å²) in [5.41, 5.74) is 4.84. The van der Waals surface area contributed by atoms with E-state index in [9.17, 15) is 4.79 Å². The molecule has 0 aliphatic rings. The van der Waals surface area contributed by atoms with Gasteiger partial charge in [0.25, 0.3) is 5.78 Å². The van der Waals surface area contributed by atoms with Gasteiger partial charge in [-0.15, -0.1) is 0 Å². The molecule has 0 aliphatic heterocycles. The Labute approximate surface area is 181 Å². The summed E-state index contributed by atoms with van der Waals surface area (Å²) in [5, 5.41) is 7.41. The molecule has 2 aromatic carbocycles. The van der Waals surface area contributed by atoms with Crippen LogP contribution in [0.15, 0.2) is 60.9 Å². The Hall–Kier alpha value is -3.74. The topological polar surface area (TPSA) is 81.4 Å². The van der Waals surface area contributed by atoms with Crippen molar-refractivity contribution >= 4 is 11.7 Å². The van der Waals surface area contributed by atoms with E-state index in [1.54, 1.807) is 11.6 Å². The summed E-state index contributed by atoms with van der Waals surface area (Å²) in [6.07, 6.45) is 2.41. The van der Waals surface area contributed by atoms with Gasteiger partial charge in [0.15, 0.2) is 0 Å². The number of aryl methyl sites for hydroxylation is 2. The molecule has 0 fully saturated rings.